The van der Waals surface area contributed by atoms with Gasteiger partial charge in [-0.05, 0) is 19.8 Å². The summed E-state index contributed by atoms with van der Waals surface area (Å²) < 4.78 is 0. The van der Waals surface area contributed by atoms with E-state index < -0.39 is 0 Å². The van der Waals surface area contributed by atoms with Crippen LogP contribution in [0.3, 0.4) is 0 Å². The molecule has 0 aliphatic heterocycles. The second-order valence-electron chi connectivity index (χ2n) is 3.41. The summed E-state index contributed by atoms with van der Waals surface area (Å²) in [5.41, 5.74) is 1.40. The smallest absolute Gasteiger partial charge is 0.154 e. The van der Waals surface area contributed by atoms with E-state index in [1.807, 2.05) is 6.92 Å². The van der Waals surface area contributed by atoms with E-state index in [1.54, 1.807) is 0 Å². The van der Waals surface area contributed by atoms with Crippen molar-refractivity contribution in [3.63, 3.8) is 0 Å². The fourth-order valence-corrected chi connectivity index (χ4v) is 2.70. The van der Waals surface area contributed by atoms with E-state index in [0.717, 1.165) is 12.8 Å². The van der Waals surface area contributed by atoms with Crippen LogP contribution in [0.5, 0.6) is 0 Å². The van der Waals surface area contributed by atoms with Crippen molar-refractivity contribution in [3.8, 4) is 0 Å². The summed E-state index contributed by atoms with van der Waals surface area (Å²) in [4.78, 5) is 11.3. The van der Waals surface area contributed by atoms with Crippen molar-refractivity contribution in [1.82, 2.24) is 0 Å². The van der Waals surface area contributed by atoms with Crippen LogP contribution in [0.2, 0.25) is 0 Å². The number of hydrogen-bond donors (Lipinski definition) is 0. The second-order valence-corrected chi connectivity index (χ2v) is 3.88. The first-order valence-electron chi connectivity index (χ1n) is 4.07. The van der Waals surface area contributed by atoms with Crippen molar-refractivity contribution in [2.45, 2.75) is 25.1 Å². The van der Waals surface area contributed by atoms with Crippen LogP contribution in [0.25, 0.3) is 0 Å². The van der Waals surface area contributed by atoms with E-state index in [4.69, 9.17) is 11.6 Å². The number of Topliss-reactive ketones (excluding diaryl/α,β-unsaturated/α-hetero) is 1. The van der Waals surface area contributed by atoms with E-state index in [1.165, 1.54) is 5.57 Å². The summed E-state index contributed by atoms with van der Waals surface area (Å²) in [6, 6.07) is 0. The van der Waals surface area contributed by atoms with Crippen LogP contribution in [0, 0.1) is 11.8 Å². The average Bonchev–Trinajstić information content (AvgIpc) is 2.53. The predicted octanol–water partition coefficient (Wildman–Crippen LogP) is 2.15. The van der Waals surface area contributed by atoms with Crippen molar-refractivity contribution < 1.29 is 4.79 Å². The molecule has 0 unspecified atom stereocenters. The summed E-state index contributed by atoms with van der Waals surface area (Å²) in [5, 5.41) is -0.208. The van der Waals surface area contributed by atoms with Gasteiger partial charge in [0, 0.05) is 11.8 Å². The minimum absolute atomic E-state index is 0.208. The molecule has 2 heteroatoms. The zero-order chi connectivity index (χ0) is 8.01. The molecule has 2 rings (SSSR count). The Morgan fingerprint density at radius 3 is 2.82 bits per heavy atom. The average molecular weight is 171 g/mol. The van der Waals surface area contributed by atoms with E-state index in [0.29, 0.717) is 5.92 Å². The maximum atomic E-state index is 11.3. The van der Waals surface area contributed by atoms with Crippen molar-refractivity contribution in [1.29, 1.82) is 0 Å². The Hall–Kier alpha value is -0.300. The lowest BCUT2D eigenvalue weighted by atomic mass is 9.93. The lowest BCUT2D eigenvalue weighted by Gasteiger charge is -2.16. The number of halogens is 1. The summed E-state index contributed by atoms with van der Waals surface area (Å²) in [6.07, 6.45) is 4.10. The first-order chi connectivity index (χ1) is 5.24. The number of hydrogen-bond acceptors (Lipinski definition) is 1. The van der Waals surface area contributed by atoms with Gasteiger partial charge in [-0.25, -0.2) is 0 Å². The normalized spacial score (nSPS) is 45.8. The molecule has 60 valence electrons. The minimum atomic E-state index is -0.208. The molecule has 2 saturated carbocycles. The maximum Gasteiger partial charge on any atom is 0.154 e. The first kappa shape index (κ1) is 7.35. The number of alkyl halides is 1. The van der Waals surface area contributed by atoms with Gasteiger partial charge in [0.15, 0.2) is 5.78 Å². The molecule has 2 bridgehead atoms. The molecule has 0 radical (unpaired) electrons. The van der Waals surface area contributed by atoms with Crippen molar-refractivity contribution >= 4 is 17.4 Å². The van der Waals surface area contributed by atoms with Crippen LogP contribution >= 0.6 is 11.6 Å². The zero-order valence-electron chi connectivity index (χ0n) is 6.51. The van der Waals surface area contributed by atoms with Crippen LogP contribution < -0.4 is 0 Å². The van der Waals surface area contributed by atoms with Gasteiger partial charge in [-0.3, -0.25) is 4.79 Å². The molecule has 0 spiro atoms. The summed E-state index contributed by atoms with van der Waals surface area (Å²) in [6.45, 7) is 2.03. The highest BCUT2D eigenvalue weighted by Gasteiger charge is 2.48. The van der Waals surface area contributed by atoms with E-state index in [9.17, 15) is 4.79 Å². The molecule has 0 amide bonds. The number of allylic oxidation sites excluding steroid dienone is 2. The molecule has 0 heterocycles. The summed E-state index contributed by atoms with van der Waals surface area (Å²) in [5.74, 6) is 0.912. The molecular formula is C9H11ClO. The van der Waals surface area contributed by atoms with E-state index in [2.05, 4.69) is 6.08 Å². The van der Waals surface area contributed by atoms with Crippen LogP contribution in [-0.4, -0.2) is 11.2 Å². The van der Waals surface area contributed by atoms with Gasteiger partial charge in [0.25, 0.3) is 0 Å². The third-order valence-electron chi connectivity index (χ3n) is 2.90. The highest BCUT2D eigenvalue weighted by atomic mass is 35.5. The second kappa shape index (κ2) is 2.34. The fourth-order valence-electron chi connectivity index (χ4n) is 2.26. The third-order valence-corrected chi connectivity index (χ3v) is 3.41. The van der Waals surface area contributed by atoms with Gasteiger partial charge in [-0.1, -0.05) is 11.6 Å². The molecule has 0 aromatic heterocycles. The van der Waals surface area contributed by atoms with Crippen LogP contribution in [0.4, 0.5) is 0 Å². The van der Waals surface area contributed by atoms with Crippen molar-refractivity contribution in [2.24, 2.45) is 11.8 Å². The van der Waals surface area contributed by atoms with E-state index in [-0.39, 0.29) is 17.1 Å². The molecule has 0 N–H and O–H groups in total. The first-order valence-corrected chi connectivity index (χ1v) is 4.50. The maximum absolute atomic E-state index is 11.3. The number of rotatable bonds is 0. The highest BCUT2D eigenvalue weighted by Crippen LogP contribution is 2.47. The van der Waals surface area contributed by atoms with E-state index >= 15 is 0 Å². The van der Waals surface area contributed by atoms with Gasteiger partial charge in [-0.15, -0.1) is 11.6 Å². The third kappa shape index (κ3) is 0.871. The Balaban J connectivity index is 2.29. The van der Waals surface area contributed by atoms with Crippen molar-refractivity contribution in [3.05, 3.63) is 11.6 Å². The number of carbonyl (C=O) groups is 1. The molecule has 1 nitrogen and oxygen atoms in total. The molecule has 0 aromatic rings. The van der Waals surface area contributed by atoms with Gasteiger partial charge in [0.2, 0.25) is 0 Å². The number of ketones is 1. The zero-order valence-corrected chi connectivity index (χ0v) is 7.27. The van der Waals surface area contributed by atoms with Gasteiger partial charge in [-0.2, -0.15) is 0 Å². The Labute approximate surface area is 71.4 Å². The monoisotopic (exact) mass is 170 g/mol. The summed E-state index contributed by atoms with van der Waals surface area (Å²) in [7, 11) is 0. The molecular weight excluding hydrogens is 160 g/mol. The predicted molar refractivity (Wildman–Crippen MR) is 44.6 cm³/mol. The van der Waals surface area contributed by atoms with Crippen molar-refractivity contribution in [2.75, 3.05) is 0 Å². The lowest BCUT2D eigenvalue weighted by Crippen LogP contribution is -2.23. The molecule has 0 aromatic carbocycles. The van der Waals surface area contributed by atoms with Gasteiger partial charge in [0.1, 0.15) is 0 Å². The standard InChI is InChI=1S/C9H11ClO/c1-2-5-3-6-4-7(5)8(10)9(6)11/h2,6-8H,3-4H2,1H3/b5-2-/t6-,7-,8-/m1/s1. The molecule has 2 aliphatic carbocycles. The fraction of sp³-hybridized carbons (Fsp3) is 0.667. The molecule has 3 atom stereocenters. The number of fused-ring (bicyclic) bond motifs is 2. The Morgan fingerprint density at radius 2 is 2.36 bits per heavy atom. The largest absolute Gasteiger partial charge is 0.298 e. The molecule has 0 saturated heterocycles. The highest BCUT2D eigenvalue weighted by molar-refractivity contribution is 6.33. The molecule has 11 heavy (non-hydrogen) atoms. The Bertz CT molecular complexity index is 228. The molecule has 2 fully saturated rings. The van der Waals surface area contributed by atoms with Crippen LogP contribution in [0.15, 0.2) is 11.6 Å². The quantitative estimate of drug-likeness (QED) is 0.402. The van der Waals surface area contributed by atoms with Gasteiger partial charge in [0.05, 0.1) is 5.38 Å². The lowest BCUT2D eigenvalue weighted by molar-refractivity contribution is -0.120. The SMILES string of the molecule is C/C=C1/C[C@@H]2C[C@H]1[C@@H](Cl)C2=O. The Kier molecular flexibility index (Phi) is 1.57. The van der Waals surface area contributed by atoms with Gasteiger partial charge < -0.3 is 0 Å². The van der Waals surface area contributed by atoms with Crippen LogP contribution in [0.1, 0.15) is 19.8 Å². The summed E-state index contributed by atoms with van der Waals surface area (Å²) >= 11 is 5.94. The molecule has 2 aliphatic rings. The van der Waals surface area contributed by atoms with Crippen LogP contribution in [-0.2, 0) is 4.79 Å². The number of carbonyl (C=O) groups excluding carboxylic acids is 1. The Morgan fingerprint density at radius 1 is 1.64 bits per heavy atom. The van der Waals surface area contributed by atoms with Gasteiger partial charge >= 0.3 is 0 Å². The minimum Gasteiger partial charge on any atom is -0.298 e. The topological polar surface area (TPSA) is 17.1 Å².